The molecule has 0 spiro atoms. The summed E-state index contributed by atoms with van der Waals surface area (Å²) in [6, 6.07) is 7.43. The number of allylic oxidation sites excluding steroid dienone is 1. The molecule has 2 aliphatic rings. The van der Waals surface area contributed by atoms with Crippen LogP contribution in [0, 0.1) is 0 Å². The van der Waals surface area contributed by atoms with Gasteiger partial charge in [0, 0.05) is 0 Å². The molecule has 0 unspecified atom stereocenters. The summed E-state index contributed by atoms with van der Waals surface area (Å²) in [7, 11) is 1.63. The predicted molar refractivity (Wildman–Crippen MR) is 93.8 cm³/mol. The van der Waals surface area contributed by atoms with Crippen LogP contribution in [0.3, 0.4) is 0 Å². The van der Waals surface area contributed by atoms with Gasteiger partial charge in [0.05, 0.1) is 7.11 Å². The van der Waals surface area contributed by atoms with E-state index in [2.05, 4.69) is 13.0 Å². The SMILES string of the molecule is CCCC/C=C(\Oc1ccc(OC)cc1)[C@]12CCCC[C@H]1OC(=O)O2. The first kappa shape index (κ1) is 17.6. The first-order valence-electron chi connectivity index (χ1n) is 9.10. The normalized spacial score (nSPS) is 25.8. The van der Waals surface area contributed by atoms with Crippen molar-refractivity contribution in [1.29, 1.82) is 0 Å². The van der Waals surface area contributed by atoms with Gasteiger partial charge in [0.1, 0.15) is 17.3 Å². The van der Waals surface area contributed by atoms with Gasteiger partial charge in [-0.1, -0.05) is 13.3 Å². The Labute approximate surface area is 148 Å². The van der Waals surface area contributed by atoms with Gasteiger partial charge < -0.3 is 18.9 Å². The Morgan fingerprint density at radius 2 is 2.04 bits per heavy atom. The van der Waals surface area contributed by atoms with E-state index in [0.717, 1.165) is 50.7 Å². The van der Waals surface area contributed by atoms with Crippen LogP contribution in [-0.4, -0.2) is 25.0 Å². The van der Waals surface area contributed by atoms with Gasteiger partial charge in [0.15, 0.2) is 6.10 Å². The lowest BCUT2D eigenvalue weighted by molar-refractivity contribution is 0.000832. The zero-order chi connectivity index (χ0) is 17.7. The van der Waals surface area contributed by atoms with Crippen molar-refractivity contribution in [3.63, 3.8) is 0 Å². The summed E-state index contributed by atoms with van der Waals surface area (Å²) in [6.07, 6.45) is 7.82. The second kappa shape index (κ2) is 7.81. The molecule has 1 aliphatic heterocycles. The summed E-state index contributed by atoms with van der Waals surface area (Å²) in [4.78, 5) is 11.8. The molecule has 0 bridgehead atoms. The average Bonchev–Trinajstić information content (AvgIpc) is 2.98. The number of ether oxygens (including phenoxy) is 4. The maximum Gasteiger partial charge on any atom is 0.509 e. The summed E-state index contributed by atoms with van der Waals surface area (Å²) in [5, 5.41) is 0. The minimum Gasteiger partial charge on any atom is -0.497 e. The first-order valence-corrected chi connectivity index (χ1v) is 9.10. The summed E-state index contributed by atoms with van der Waals surface area (Å²) in [6.45, 7) is 2.15. The Morgan fingerprint density at radius 1 is 1.28 bits per heavy atom. The lowest BCUT2D eigenvalue weighted by Gasteiger charge is -2.36. The van der Waals surface area contributed by atoms with Crippen LogP contribution in [0.25, 0.3) is 0 Å². The number of benzene rings is 1. The van der Waals surface area contributed by atoms with Crippen molar-refractivity contribution in [1.82, 2.24) is 0 Å². The molecule has 1 heterocycles. The number of fused-ring (bicyclic) bond motifs is 1. The van der Waals surface area contributed by atoms with Crippen molar-refractivity contribution in [3.8, 4) is 11.5 Å². The largest absolute Gasteiger partial charge is 0.509 e. The van der Waals surface area contributed by atoms with Crippen LogP contribution >= 0.6 is 0 Å². The van der Waals surface area contributed by atoms with E-state index in [-0.39, 0.29) is 6.10 Å². The Bertz CT molecular complexity index is 621. The number of hydrogen-bond donors (Lipinski definition) is 0. The molecule has 5 heteroatoms. The maximum atomic E-state index is 11.8. The van der Waals surface area contributed by atoms with Crippen molar-refractivity contribution in [2.24, 2.45) is 0 Å². The monoisotopic (exact) mass is 346 g/mol. The van der Waals surface area contributed by atoms with Crippen molar-refractivity contribution in [2.75, 3.05) is 7.11 Å². The van der Waals surface area contributed by atoms with Gasteiger partial charge in [-0.05, 0) is 68.9 Å². The molecule has 25 heavy (non-hydrogen) atoms. The van der Waals surface area contributed by atoms with E-state index in [9.17, 15) is 4.79 Å². The molecule has 0 radical (unpaired) electrons. The standard InChI is InChI=1S/C20H26O5/c1-3-4-5-8-17(23-16-12-10-15(22-2)11-13-16)20-14-7-6-9-18(20)24-19(21)25-20/h8,10-13,18H,3-7,9,14H2,1-2H3/b17-8-/t18-,20-/m1/s1. The fourth-order valence-corrected chi connectivity index (χ4v) is 3.51. The topological polar surface area (TPSA) is 54.0 Å². The molecule has 0 aromatic heterocycles. The highest BCUT2D eigenvalue weighted by atomic mass is 16.8. The molecule has 1 aromatic rings. The van der Waals surface area contributed by atoms with Gasteiger partial charge in [-0.25, -0.2) is 4.79 Å². The summed E-state index contributed by atoms with van der Waals surface area (Å²) in [5.74, 6) is 2.17. The summed E-state index contributed by atoms with van der Waals surface area (Å²) < 4.78 is 22.5. The third-order valence-electron chi connectivity index (χ3n) is 4.88. The van der Waals surface area contributed by atoms with Gasteiger partial charge in [0.25, 0.3) is 0 Å². The molecule has 1 saturated heterocycles. The maximum absolute atomic E-state index is 11.8. The molecule has 2 atom stereocenters. The van der Waals surface area contributed by atoms with Crippen molar-refractivity contribution in [3.05, 3.63) is 36.1 Å². The lowest BCUT2D eigenvalue weighted by Crippen LogP contribution is -2.46. The van der Waals surface area contributed by atoms with Crippen LogP contribution in [-0.2, 0) is 9.47 Å². The third kappa shape index (κ3) is 3.75. The van der Waals surface area contributed by atoms with E-state index in [1.165, 1.54) is 0 Å². The predicted octanol–water partition coefficient (Wildman–Crippen LogP) is 5.00. The second-order valence-electron chi connectivity index (χ2n) is 6.58. The minimum atomic E-state index is -0.789. The molecule has 136 valence electrons. The molecule has 1 saturated carbocycles. The van der Waals surface area contributed by atoms with E-state index in [4.69, 9.17) is 18.9 Å². The molecule has 0 amide bonds. The van der Waals surface area contributed by atoms with Crippen molar-refractivity contribution in [2.45, 2.75) is 63.6 Å². The molecule has 1 aliphatic carbocycles. The average molecular weight is 346 g/mol. The van der Waals surface area contributed by atoms with Gasteiger partial charge >= 0.3 is 6.16 Å². The molecule has 0 N–H and O–H groups in total. The molecule has 5 nitrogen and oxygen atoms in total. The highest BCUT2D eigenvalue weighted by Gasteiger charge is 2.56. The molecular weight excluding hydrogens is 320 g/mol. The highest BCUT2D eigenvalue weighted by Crippen LogP contribution is 2.45. The quantitative estimate of drug-likeness (QED) is 0.395. The number of rotatable bonds is 7. The van der Waals surface area contributed by atoms with E-state index in [0.29, 0.717) is 11.5 Å². The number of unbranched alkanes of at least 4 members (excludes halogenated alkanes) is 2. The van der Waals surface area contributed by atoms with E-state index in [1.54, 1.807) is 7.11 Å². The van der Waals surface area contributed by atoms with Crippen LogP contribution in [0.15, 0.2) is 36.1 Å². The number of methoxy groups -OCH3 is 1. The molecule has 2 fully saturated rings. The molecule has 1 aromatic carbocycles. The zero-order valence-electron chi connectivity index (χ0n) is 15.0. The number of carbonyl (C=O) groups is 1. The zero-order valence-corrected chi connectivity index (χ0v) is 15.0. The number of hydrogen-bond acceptors (Lipinski definition) is 5. The Hall–Kier alpha value is -2.17. The van der Waals surface area contributed by atoms with Crippen LogP contribution in [0.1, 0.15) is 51.9 Å². The fraction of sp³-hybridized carbons (Fsp3) is 0.550. The van der Waals surface area contributed by atoms with Gasteiger partial charge in [0.2, 0.25) is 5.60 Å². The van der Waals surface area contributed by atoms with Gasteiger partial charge in [-0.2, -0.15) is 0 Å². The molecule has 3 rings (SSSR count). The van der Waals surface area contributed by atoms with Crippen LogP contribution < -0.4 is 9.47 Å². The highest BCUT2D eigenvalue weighted by molar-refractivity contribution is 5.64. The van der Waals surface area contributed by atoms with Crippen LogP contribution in [0.5, 0.6) is 11.5 Å². The lowest BCUT2D eigenvalue weighted by atomic mass is 9.80. The van der Waals surface area contributed by atoms with E-state index < -0.39 is 11.8 Å². The molecular formula is C20H26O5. The Morgan fingerprint density at radius 3 is 2.76 bits per heavy atom. The van der Waals surface area contributed by atoms with Crippen molar-refractivity contribution >= 4 is 6.16 Å². The van der Waals surface area contributed by atoms with E-state index in [1.807, 2.05) is 24.3 Å². The van der Waals surface area contributed by atoms with Gasteiger partial charge in [-0.15, -0.1) is 0 Å². The number of carbonyl (C=O) groups excluding carboxylic acids is 1. The first-order chi connectivity index (χ1) is 12.2. The third-order valence-corrected chi connectivity index (χ3v) is 4.88. The minimum absolute atomic E-state index is 0.264. The summed E-state index contributed by atoms with van der Waals surface area (Å²) >= 11 is 0. The Balaban J connectivity index is 1.87. The Kier molecular flexibility index (Phi) is 5.51. The fourth-order valence-electron chi connectivity index (χ4n) is 3.51. The smallest absolute Gasteiger partial charge is 0.497 e. The van der Waals surface area contributed by atoms with E-state index >= 15 is 0 Å². The van der Waals surface area contributed by atoms with Crippen LogP contribution in [0.2, 0.25) is 0 Å². The van der Waals surface area contributed by atoms with Crippen LogP contribution in [0.4, 0.5) is 4.79 Å². The second-order valence-corrected chi connectivity index (χ2v) is 6.58. The van der Waals surface area contributed by atoms with Gasteiger partial charge in [-0.3, -0.25) is 0 Å². The van der Waals surface area contributed by atoms with Crippen molar-refractivity contribution < 1.29 is 23.7 Å². The summed E-state index contributed by atoms with van der Waals surface area (Å²) in [5.41, 5.74) is -0.789.